The fraction of sp³-hybridized carbons (Fsp3) is 0.538. The normalized spacial score (nSPS) is 17.5. The first-order chi connectivity index (χ1) is 9.13. The molecule has 0 spiro atoms. The number of rotatable bonds is 3. The fourth-order valence-electron chi connectivity index (χ4n) is 2.44. The highest BCUT2D eigenvalue weighted by atomic mass is 19.2. The van der Waals surface area contributed by atoms with E-state index in [0.717, 1.165) is 19.0 Å². The largest absolute Gasteiger partial charge is 0.397 e. The maximum atomic E-state index is 13.9. The summed E-state index contributed by atoms with van der Waals surface area (Å²) in [6.45, 7) is 3.46. The number of nitrogens with zero attached hydrogens (tertiary/aromatic N) is 2. The van der Waals surface area contributed by atoms with Gasteiger partial charge in [-0.25, -0.2) is 8.78 Å². The van der Waals surface area contributed by atoms with E-state index in [1.807, 2.05) is 0 Å². The summed E-state index contributed by atoms with van der Waals surface area (Å²) in [5, 5.41) is 8.93. The average molecular weight is 271 g/mol. The number of anilines is 2. The third kappa shape index (κ3) is 3.13. The van der Waals surface area contributed by atoms with Crippen LogP contribution in [0.25, 0.3) is 0 Å². The highest BCUT2D eigenvalue weighted by Gasteiger charge is 2.21. The number of hydrogen-bond acceptors (Lipinski definition) is 4. The van der Waals surface area contributed by atoms with Gasteiger partial charge in [-0.05, 0) is 25.1 Å². The van der Waals surface area contributed by atoms with Crippen LogP contribution < -0.4 is 10.6 Å². The molecule has 1 aromatic rings. The molecule has 1 aliphatic heterocycles. The van der Waals surface area contributed by atoms with E-state index in [4.69, 9.17) is 10.8 Å². The Hall–Kier alpha value is -1.40. The molecular formula is C13H19F2N3O. The van der Waals surface area contributed by atoms with Crippen molar-refractivity contribution in [2.24, 2.45) is 0 Å². The molecule has 0 aromatic heterocycles. The van der Waals surface area contributed by atoms with Crippen molar-refractivity contribution >= 4 is 11.4 Å². The molecule has 0 atom stereocenters. The molecule has 2 rings (SSSR count). The maximum absolute atomic E-state index is 13.9. The number of halogens is 2. The molecule has 1 saturated heterocycles. The van der Waals surface area contributed by atoms with Crippen molar-refractivity contribution < 1.29 is 13.9 Å². The number of hydrogen-bond donors (Lipinski definition) is 2. The summed E-state index contributed by atoms with van der Waals surface area (Å²) in [6.07, 6.45) is 0.829. The SMILES string of the molecule is Nc1ccc(F)c(F)c1N1CCCN(CCO)CC1. The summed E-state index contributed by atoms with van der Waals surface area (Å²) < 4.78 is 27.2. The van der Waals surface area contributed by atoms with E-state index < -0.39 is 11.6 Å². The van der Waals surface area contributed by atoms with Gasteiger partial charge in [-0.2, -0.15) is 0 Å². The quantitative estimate of drug-likeness (QED) is 0.807. The lowest BCUT2D eigenvalue weighted by Crippen LogP contribution is -2.33. The van der Waals surface area contributed by atoms with Crippen LogP contribution in [-0.4, -0.2) is 49.3 Å². The predicted octanol–water partition coefficient (Wildman–Crippen LogP) is 1.05. The lowest BCUT2D eigenvalue weighted by molar-refractivity contribution is 0.204. The Bertz CT molecular complexity index is 442. The Kier molecular flexibility index (Phi) is 4.55. The molecule has 0 amide bonds. The van der Waals surface area contributed by atoms with Crippen molar-refractivity contribution in [2.45, 2.75) is 6.42 Å². The zero-order valence-electron chi connectivity index (χ0n) is 10.8. The van der Waals surface area contributed by atoms with Gasteiger partial charge in [0, 0.05) is 26.2 Å². The van der Waals surface area contributed by atoms with Gasteiger partial charge < -0.3 is 15.7 Å². The zero-order valence-corrected chi connectivity index (χ0v) is 10.8. The van der Waals surface area contributed by atoms with Gasteiger partial charge in [-0.1, -0.05) is 0 Å². The van der Waals surface area contributed by atoms with E-state index in [-0.39, 0.29) is 18.0 Å². The lowest BCUT2D eigenvalue weighted by atomic mass is 10.2. The molecule has 1 fully saturated rings. The standard InChI is InChI=1S/C13H19F2N3O/c14-10-2-3-11(16)13(12(10)15)18-5-1-4-17(6-7-18)8-9-19/h2-3,19H,1,4-9,16H2. The number of aliphatic hydroxyl groups excluding tert-OH is 1. The first-order valence-electron chi connectivity index (χ1n) is 6.45. The smallest absolute Gasteiger partial charge is 0.184 e. The van der Waals surface area contributed by atoms with Crippen LogP contribution in [0.1, 0.15) is 6.42 Å². The molecule has 19 heavy (non-hydrogen) atoms. The van der Waals surface area contributed by atoms with Crippen molar-refractivity contribution in [3.63, 3.8) is 0 Å². The second-order valence-electron chi connectivity index (χ2n) is 4.71. The van der Waals surface area contributed by atoms with E-state index in [9.17, 15) is 8.78 Å². The molecule has 1 heterocycles. The average Bonchev–Trinajstić information content (AvgIpc) is 2.61. The van der Waals surface area contributed by atoms with Crippen LogP contribution in [0.5, 0.6) is 0 Å². The van der Waals surface area contributed by atoms with E-state index in [2.05, 4.69) is 4.90 Å². The third-order valence-corrected chi connectivity index (χ3v) is 3.42. The Morgan fingerprint density at radius 3 is 2.68 bits per heavy atom. The molecule has 106 valence electrons. The van der Waals surface area contributed by atoms with Crippen molar-refractivity contribution in [1.29, 1.82) is 0 Å². The van der Waals surface area contributed by atoms with Gasteiger partial charge >= 0.3 is 0 Å². The summed E-state index contributed by atoms with van der Waals surface area (Å²) >= 11 is 0. The minimum atomic E-state index is -0.879. The summed E-state index contributed by atoms with van der Waals surface area (Å²) in [7, 11) is 0. The van der Waals surface area contributed by atoms with Gasteiger partial charge in [0.2, 0.25) is 0 Å². The van der Waals surface area contributed by atoms with Crippen LogP contribution in [-0.2, 0) is 0 Å². The molecule has 3 N–H and O–H groups in total. The minimum Gasteiger partial charge on any atom is -0.397 e. The summed E-state index contributed by atoms with van der Waals surface area (Å²) in [5.41, 5.74) is 6.18. The van der Waals surface area contributed by atoms with E-state index in [0.29, 0.717) is 26.2 Å². The zero-order chi connectivity index (χ0) is 13.8. The Morgan fingerprint density at radius 2 is 1.95 bits per heavy atom. The summed E-state index contributed by atoms with van der Waals surface area (Å²) in [4.78, 5) is 3.89. The molecule has 0 radical (unpaired) electrons. The maximum Gasteiger partial charge on any atom is 0.184 e. The minimum absolute atomic E-state index is 0.108. The van der Waals surface area contributed by atoms with E-state index >= 15 is 0 Å². The highest BCUT2D eigenvalue weighted by molar-refractivity contribution is 5.68. The number of nitrogens with two attached hydrogens (primary N) is 1. The third-order valence-electron chi connectivity index (χ3n) is 3.42. The van der Waals surface area contributed by atoms with Gasteiger partial charge in [0.15, 0.2) is 11.6 Å². The fourth-order valence-corrected chi connectivity index (χ4v) is 2.44. The number of nitrogen functional groups attached to an aromatic ring is 1. The van der Waals surface area contributed by atoms with Crippen molar-refractivity contribution in [1.82, 2.24) is 4.90 Å². The van der Waals surface area contributed by atoms with Crippen molar-refractivity contribution in [3.8, 4) is 0 Å². The predicted molar refractivity (Wildman–Crippen MR) is 71.1 cm³/mol. The molecule has 0 unspecified atom stereocenters. The summed E-state index contributed by atoms with van der Waals surface area (Å²) in [6, 6.07) is 2.44. The Labute approximate surface area is 111 Å². The van der Waals surface area contributed by atoms with Crippen molar-refractivity contribution in [2.75, 3.05) is 50.0 Å². The molecule has 1 aromatic carbocycles. The second-order valence-corrected chi connectivity index (χ2v) is 4.71. The Morgan fingerprint density at radius 1 is 1.16 bits per heavy atom. The second kappa shape index (κ2) is 6.16. The van der Waals surface area contributed by atoms with Gasteiger partial charge in [-0.3, -0.25) is 4.90 Å². The topological polar surface area (TPSA) is 52.7 Å². The van der Waals surface area contributed by atoms with Crippen LogP contribution in [0.2, 0.25) is 0 Å². The number of β-amino-alcohol motifs (C(OH)–C–C–N with tert-alkyl or cyclic N) is 1. The van der Waals surface area contributed by atoms with Crippen LogP contribution >= 0.6 is 0 Å². The first-order valence-corrected chi connectivity index (χ1v) is 6.45. The van der Waals surface area contributed by atoms with Crippen molar-refractivity contribution in [3.05, 3.63) is 23.8 Å². The number of aliphatic hydroxyl groups is 1. The van der Waals surface area contributed by atoms with Gasteiger partial charge in [0.1, 0.15) is 0 Å². The lowest BCUT2D eigenvalue weighted by Gasteiger charge is -2.25. The highest BCUT2D eigenvalue weighted by Crippen LogP contribution is 2.29. The van der Waals surface area contributed by atoms with Crippen LogP contribution in [0.4, 0.5) is 20.2 Å². The number of benzene rings is 1. The molecule has 1 aliphatic rings. The van der Waals surface area contributed by atoms with Gasteiger partial charge in [0.05, 0.1) is 18.0 Å². The molecular weight excluding hydrogens is 252 g/mol. The molecule has 6 heteroatoms. The van der Waals surface area contributed by atoms with Crippen LogP contribution in [0.15, 0.2) is 12.1 Å². The first kappa shape index (κ1) is 14.0. The van der Waals surface area contributed by atoms with Crippen LogP contribution in [0.3, 0.4) is 0 Å². The van der Waals surface area contributed by atoms with E-state index in [1.54, 1.807) is 4.90 Å². The molecule has 0 saturated carbocycles. The van der Waals surface area contributed by atoms with Gasteiger partial charge in [0.25, 0.3) is 0 Å². The molecule has 0 aliphatic carbocycles. The monoisotopic (exact) mass is 271 g/mol. The van der Waals surface area contributed by atoms with E-state index in [1.165, 1.54) is 6.07 Å². The summed E-state index contributed by atoms with van der Waals surface area (Å²) in [5.74, 6) is -1.75. The Balaban J connectivity index is 2.16. The molecule has 4 nitrogen and oxygen atoms in total. The van der Waals surface area contributed by atoms with Crippen LogP contribution in [0, 0.1) is 11.6 Å². The van der Waals surface area contributed by atoms with Gasteiger partial charge in [-0.15, -0.1) is 0 Å². The molecule has 0 bridgehead atoms.